The Kier molecular flexibility index (Phi) is 3.23. The molecule has 98 valence electrons. The third-order valence-electron chi connectivity index (χ3n) is 3.51. The normalized spacial score (nSPS) is 21.8. The number of aliphatic hydroxyl groups is 1. The number of hydrogen-bond acceptors (Lipinski definition) is 3. The zero-order chi connectivity index (χ0) is 13.2. The van der Waals surface area contributed by atoms with Crippen molar-refractivity contribution in [2.75, 3.05) is 7.11 Å². The third kappa shape index (κ3) is 2.35. The molecule has 3 rings (SSSR count). The maximum absolute atomic E-state index is 10.0. The molecule has 1 aliphatic heterocycles. The molecular formula is C16H16O3. The highest BCUT2D eigenvalue weighted by Gasteiger charge is 2.26. The SMILES string of the molecule is COc1ccc([C@@H]2Cc3ccccc3[C@H](O)O2)cc1. The van der Waals surface area contributed by atoms with E-state index in [9.17, 15) is 5.11 Å². The fourth-order valence-corrected chi connectivity index (χ4v) is 2.45. The molecule has 0 radical (unpaired) electrons. The summed E-state index contributed by atoms with van der Waals surface area (Å²) in [5, 5.41) is 10.0. The zero-order valence-corrected chi connectivity index (χ0v) is 10.7. The van der Waals surface area contributed by atoms with Crippen molar-refractivity contribution >= 4 is 0 Å². The predicted octanol–water partition coefficient (Wildman–Crippen LogP) is 3.00. The number of benzene rings is 2. The topological polar surface area (TPSA) is 38.7 Å². The lowest BCUT2D eigenvalue weighted by Crippen LogP contribution is -2.20. The van der Waals surface area contributed by atoms with E-state index in [0.717, 1.165) is 28.9 Å². The largest absolute Gasteiger partial charge is 0.497 e. The molecule has 1 aliphatic rings. The summed E-state index contributed by atoms with van der Waals surface area (Å²) in [6, 6.07) is 15.6. The third-order valence-corrected chi connectivity index (χ3v) is 3.51. The average molecular weight is 256 g/mol. The summed E-state index contributed by atoms with van der Waals surface area (Å²) in [6.07, 6.45) is -0.188. The Balaban J connectivity index is 1.87. The fourth-order valence-electron chi connectivity index (χ4n) is 2.45. The molecule has 1 N–H and O–H groups in total. The first-order valence-corrected chi connectivity index (χ1v) is 6.33. The van der Waals surface area contributed by atoms with Gasteiger partial charge in [0.05, 0.1) is 13.2 Å². The van der Waals surface area contributed by atoms with Crippen molar-refractivity contribution in [3.05, 3.63) is 65.2 Å². The molecule has 0 bridgehead atoms. The molecule has 2 aromatic rings. The van der Waals surface area contributed by atoms with E-state index in [2.05, 4.69) is 0 Å². The summed E-state index contributed by atoms with van der Waals surface area (Å²) in [7, 11) is 1.64. The second-order valence-electron chi connectivity index (χ2n) is 4.65. The van der Waals surface area contributed by atoms with Crippen molar-refractivity contribution in [3.8, 4) is 5.75 Å². The van der Waals surface area contributed by atoms with Gasteiger partial charge in [0.25, 0.3) is 0 Å². The van der Waals surface area contributed by atoms with Crippen molar-refractivity contribution in [1.29, 1.82) is 0 Å². The number of rotatable bonds is 2. The summed E-state index contributed by atoms with van der Waals surface area (Å²) in [4.78, 5) is 0. The molecule has 19 heavy (non-hydrogen) atoms. The minimum Gasteiger partial charge on any atom is -0.497 e. The molecule has 0 saturated carbocycles. The molecule has 0 unspecified atom stereocenters. The van der Waals surface area contributed by atoms with Crippen LogP contribution in [0.5, 0.6) is 5.75 Å². The van der Waals surface area contributed by atoms with E-state index in [0.29, 0.717) is 0 Å². The second-order valence-corrected chi connectivity index (χ2v) is 4.65. The van der Waals surface area contributed by atoms with Gasteiger partial charge >= 0.3 is 0 Å². The predicted molar refractivity (Wildman–Crippen MR) is 71.9 cm³/mol. The Morgan fingerprint density at radius 3 is 2.58 bits per heavy atom. The Labute approximate surface area is 112 Å². The van der Waals surface area contributed by atoms with Crippen molar-refractivity contribution in [2.24, 2.45) is 0 Å². The molecule has 3 heteroatoms. The zero-order valence-electron chi connectivity index (χ0n) is 10.7. The van der Waals surface area contributed by atoms with Crippen LogP contribution in [0.15, 0.2) is 48.5 Å². The molecule has 0 aliphatic carbocycles. The maximum Gasteiger partial charge on any atom is 0.182 e. The quantitative estimate of drug-likeness (QED) is 0.897. The molecule has 0 saturated heterocycles. The summed E-state index contributed by atoms with van der Waals surface area (Å²) >= 11 is 0. The van der Waals surface area contributed by atoms with Gasteiger partial charge in [0, 0.05) is 12.0 Å². The van der Waals surface area contributed by atoms with Crippen LogP contribution in [0.1, 0.15) is 29.1 Å². The van der Waals surface area contributed by atoms with Crippen LogP contribution in [0.2, 0.25) is 0 Å². The average Bonchev–Trinajstić information content (AvgIpc) is 2.47. The summed E-state index contributed by atoms with van der Waals surface area (Å²) < 4.78 is 10.8. The smallest absolute Gasteiger partial charge is 0.182 e. The molecular weight excluding hydrogens is 240 g/mol. The van der Waals surface area contributed by atoms with Crippen LogP contribution < -0.4 is 4.74 Å². The second kappa shape index (κ2) is 5.03. The van der Waals surface area contributed by atoms with E-state index in [4.69, 9.17) is 9.47 Å². The van der Waals surface area contributed by atoms with Crippen molar-refractivity contribution in [2.45, 2.75) is 18.8 Å². The van der Waals surface area contributed by atoms with Gasteiger partial charge in [0.1, 0.15) is 5.75 Å². The molecule has 3 nitrogen and oxygen atoms in total. The van der Waals surface area contributed by atoms with Crippen LogP contribution in [0.3, 0.4) is 0 Å². The number of aliphatic hydroxyl groups excluding tert-OH is 1. The molecule has 0 amide bonds. The maximum atomic E-state index is 10.0. The Hall–Kier alpha value is -1.84. The Morgan fingerprint density at radius 2 is 1.84 bits per heavy atom. The highest BCUT2D eigenvalue weighted by Crippen LogP contribution is 2.36. The van der Waals surface area contributed by atoms with Gasteiger partial charge in [-0.05, 0) is 23.3 Å². The van der Waals surface area contributed by atoms with Crippen LogP contribution in [-0.4, -0.2) is 12.2 Å². The number of hydrogen-bond donors (Lipinski definition) is 1. The van der Waals surface area contributed by atoms with E-state index in [1.165, 1.54) is 0 Å². The summed E-state index contributed by atoms with van der Waals surface area (Å²) in [5.41, 5.74) is 3.06. The molecule has 1 heterocycles. The van der Waals surface area contributed by atoms with Crippen LogP contribution in [0, 0.1) is 0 Å². The minimum absolute atomic E-state index is 0.115. The molecule has 2 atom stereocenters. The molecule has 0 fully saturated rings. The lowest BCUT2D eigenvalue weighted by molar-refractivity contribution is -0.151. The number of fused-ring (bicyclic) bond motifs is 1. The first kappa shape index (κ1) is 12.2. The van der Waals surface area contributed by atoms with E-state index < -0.39 is 6.29 Å². The van der Waals surface area contributed by atoms with Crippen LogP contribution in [0.25, 0.3) is 0 Å². The highest BCUT2D eigenvalue weighted by atomic mass is 16.6. The van der Waals surface area contributed by atoms with E-state index in [1.807, 2.05) is 48.5 Å². The van der Waals surface area contributed by atoms with Gasteiger partial charge in [-0.3, -0.25) is 0 Å². The summed E-state index contributed by atoms with van der Waals surface area (Å²) in [5.74, 6) is 0.820. The van der Waals surface area contributed by atoms with Gasteiger partial charge in [-0.25, -0.2) is 0 Å². The van der Waals surface area contributed by atoms with Crippen molar-refractivity contribution < 1.29 is 14.6 Å². The summed E-state index contributed by atoms with van der Waals surface area (Å²) in [6.45, 7) is 0. The molecule has 0 aromatic heterocycles. The minimum atomic E-state index is -0.850. The van der Waals surface area contributed by atoms with E-state index in [-0.39, 0.29) is 6.10 Å². The first-order valence-electron chi connectivity index (χ1n) is 6.33. The van der Waals surface area contributed by atoms with Crippen LogP contribution in [0.4, 0.5) is 0 Å². The Bertz CT molecular complexity index is 562. The number of methoxy groups -OCH3 is 1. The van der Waals surface area contributed by atoms with Crippen LogP contribution in [-0.2, 0) is 11.2 Å². The molecule has 0 spiro atoms. The fraction of sp³-hybridized carbons (Fsp3) is 0.250. The van der Waals surface area contributed by atoms with Gasteiger partial charge in [-0.1, -0.05) is 36.4 Å². The van der Waals surface area contributed by atoms with Gasteiger partial charge < -0.3 is 14.6 Å². The van der Waals surface area contributed by atoms with Crippen molar-refractivity contribution in [1.82, 2.24) is 0 Å². The lowest BCUT2D eigenvalue weighted by atomic mass is 9.94. The molecule has 2 aromatic carbocycles. The first-order chi connectivity index (χ1) is 9.28. The van der Waals surface area contributed by atoms with Crippen LogP contribution >= 0.6 is 0 Å². The van der Waals surface area contributed by atoms with E-state index in [1.54, 1.807) is 7.11 Å². The standard InChI is InChI=1S/C16H16O3/c1-18-13-8-6-11(7-9-13)15-10-12-4-2-3-5-14(12)16(17)19-15/h2-9,15-17H,10H2,1H3/t15-,16+/m0/s1. The van der Waals surface area contributed by atoms with Gasteiger partial charge in [-0.15, -0.1) is 0 Å². The highest BCUT2D eigenvalue weighted by molar-refractivity contribution is 5.34. The monoisotopic (exact) mass is 256 g/mol. The Morgan fingerprint density at radius 1 is 1.11 bits per heavy atom. The lowest BCUT2D eigenvalue weighted by Gasteiger charge is -2.29. The van der Waals surface area contributed by atoms with E-state index >= 15 is 0 Å². The van der Waals surface area contributed by atoms with Crippen molar-refractivity contribution in [3.63, 3.8) is 0 Å². The van der Waals surface area contributed by atoms with Gasteiger partial charge in [-0.2, -0.15) is 0 Å². The van der Waals surface area contributed by atoms with Gasteiger partial charge in [0.2, 0.25) is 0 Å². The van der Waals surface area contributed by atoms with Gasteiger partial charge in [0.15, 0.2) is 6.29 Å². The number of ether oxygens (including phenoxy) is 2.